The van der Waals surface area contributed by atoms with Crippen LogP contribution in [0.25, 0.3) is 0 Å². The van der Waals surface area contributed by atoms with Gasteiger partial charge in [-0.15, -0.1) is 0 Å². The molecule has 16 heavy (non-hydrogen) atoms. The molecule has 0 bridgehead atoms. The first-order valence-corrected chi connectivity index (χ1v) is 6.58. The molecule has 0 amide bonds. The van der Waals surface area contributed by atoms with Crippen LogP contribution in [0.5, 0.6) is 0 Å². The number of nitrogens with one attached hydrogen (secondary N) is 1. The molecular formula is C13H27NO2. The topological polar surface area (TPSA) is 41.5 Å². The van der Waals surface area contributed by atoms with Gasteiger partial charge < -0.3 is 15.2 Å². The Labute approximate surface area is 99.6 Å². The van der Waals surface area contributed by atoms with E-state index in [9.17, 15) is 5.11 Å². The molecule has 2 N–H and O–H groups in total. The summed E-state index contributed by atoms with van der Waals surface area (Å²) < 4.78 is 5.36. The Morgan fingerprint density at radius 1 is 1.38 bits per heavy atom. The minimum atomic E-state index is -0.378. The first kappa shape index (κ1) is 13.9. The molecular weight excluding hydrogens is 202 g/mol. The zero-order chi connectivity index (χ0) is 12.0. The van der Waals surface area contributed by atoms with E-state index < -0.39 is 0 Å². The lowest BCUT2D eigenvalue weighted by Crippen LogP contribution is -2.42. The van der Waals surface area contributed by atoms with Crippen molar-refractivity contribution in [3.63, 3.8) is 0 Å². The molecule has 0 aromatic heterocycles. The van der Waals surface area contributed by atoms with Gasteiger partial charge in [0.05, 0.1) is 18.8 Å². The second kappa shape index (κ2) is 6.58. The maximum Gasteiger partial charge on any atom is 0.0897 e. The van der Waals surface area contributed by atoms with E-state index in [4.69, 9.17) is 4.74 Å². The van der Waals surface area contributed by atoms with Gasteiger partial charge in [-0.3, -0.25) is 0 Å². The Morgan fingerprint density at radius 2 is 2.06 bits per heavy atom. The molecule has 0 saturated heterocycles. The van der Waals surface area contributed by atoms with Crippen molar-refractivity contribution >= 4 is 0 Å². The predicted molar refractivity (Wildman–Crippen MR) is 66.5 cm³/mol. The van der Waals surface area contributed by atoms with Crippen LogP contribution in [0.2, 0.25) is 0 Å². The van der Waals surface area contributed by atoms with Crippen LogP contribution in [0.15, 0.2) is 0 Å². The molecule has 0 radical (unpaired) electrons. The lowest BCUT2D eigenvalue weighted by atomic mass is 9.67. The van der Waals surface area contributed by atoms with E-state index in [0.29, 0.717) is 18.6 Å². The Morgan fingerprint density at radius 3 is 2.50 bits per heavy atom. The van der Waals surface area contributed by atoms with Gasteiger partial charge in [0.1, 0.15) is 0 Å². The molecule has 0 spiro atoms. The van der Waals surface area contributed by atoms with Crippen LogP contribution in [0, 0.1) is 5.41 Å². The SMILES string of the molecule is CCC1(CNCC(O)COC(C)C)CCC1. The number of rotatable bonds is 8. The highest BCUT2D eigenvalue weighted by Crippen LogP contribution is 2.42. The highest BCUT2D eigenvalue weighted by Gasteiger charge is 2.34. The molecule has 0 aliphatic heterocycles. The fourth-order valence-corrected chi connectivity index (χ4v) is 2.20. The number of hydrogen-bond acceptors (Lipinski definition) is 3. The van der Waals surface area contributed by atoms with Crippen molar-refractivity contribution in [2.75, 3.05) is 19.7 Å². The fourth-order valence-electron chi connectivity index (χ4n) is 2.20. The smallest absolute Gasteiger partial charge is 0.0897 e. The zero-order valence-electron chi connectivity index (χ0n) is 11.0. The third-order valence-corrected chi connectivity index (χ3v) is 3.67. The van der Waals surface area contributed by atoms with Crippen molar-refractivity contribution in [1.82, 2.24) is 5.32 Å². The number of aliphatic hydroxyl groups is 1. The summed E-state index contributed by atoms with van der Waals surface area (Å²) >= 11 is 0. The lowest BCUT2D eigenvalue weighted by molar-refractivity contribution is 0.00404. The number of hydrogen-bond donors (Lipinski definition) is 2. The Hall–Kier alpha value is -0.120. The van der Waals surface area contributed by atoms with Crippen molar-refractivity contribution in [1.29, 1.82) is 0 Å². The summed E-state index contributed by atoms with van der Waals surface area (Å²) in [5, 5.41) is 13.0. The van der Waals surface area contributed by atoms with E-state index in [2.05, 4.69) is 12.2 Å². The standard InChI is InChI=1S/C13H27NO2/c1-4-13(6-5-7-13)10-14-8-12(15)9-16-11(2)3/h11-12,14-15H,4-10H2,1-3H3. The van der Waals surface area contributed by atoms with Crippen LogP contribution < -0.4 is 5.32 Å². The van der Waals surface area contributed by atoms with Gasteiger partial charge in [0.2, 0.25) is 0 Å². The van der Waals surface area contributed by atoms with Gasteiger partial charge in [-0.25, -0.2) is 0 Å². The van der Waals surface area contributed by atoms with Crippen molar-refractivity contribution in [3.8, 4) is 0 Å². The summed E-state index contributed by atoms with van der Waals surface area (Å²) in [5.74, 6) is 0. The third-order valence-electron chi connectivity index (χ3n) is 3.67. The molecule has 1 fully saturated rings. The van der Waals surface area contributed by atoms with Crippen molar-refractivity contribution < 1.29 is 9.84 Å². The summed E-state index contributed by atoms with van der Waals surface area (Å²) in [6.45, 7) is 8.36. The Bertz CT molecular complexity index is 185. The molecule has 1 rings (SSSR count). The molecule has 1 aliphatic carbocycles. The maximum atomic E-state index is 9.67. The molecule has 0 heterocycles. The molecule has 1 unspecified atom stereocenters. The van der Waals surface area contributed by atoms with Gasteiger partial charge in [-0.2, -0.15) is 0 Å². The predicted octanol–water partition coefficient (Wildman–Crippen LogP) is 1.94. The average Bonchev–Trinajstić information content (AvgIpc) is 2.19. The van der Waals surface area contributed by atoms with E-state index in [1.807, 2.05) is 13.8 Å². The number of aliphatic hydroxyl groups excluding tert-OH is 1. The minimum absolute atomic E-state index is 0.197. The average molecular weight is 229 g/mol. The summed E-state index contributed by atoms with van der Waals surface area (Å²) in [5.41, 5.74) is 0.526. The highest BCUT2D eigenvalue weighted by molar-refractivity contribution is 4.88. The molecule has 3 nitrogen and oxygen atoms in total. The summed E-state index contributed by atoms with van der Waals surface area (Å²) in [7, 11) is 0. The van der Waals surface area contributed by atoms with Crippen LogP contribution in [0.1, 0.15) is 46.5 Å². The zero-order valence-corrected chi connectivity index (χ0v) is 11.0. The molecule has 1 saturated carbocycles. The quantitative estimate of drug-likeness (QED) is 0.668. The van der Waals surface area contributed by atoms with Crippen LogP contribution in [0.3, 0.4) is 0 Å². The van der Waals surface area contributed by atoms with Gasteiger partial charge in [-0.05, 0) is 38.5 Å². The van der Waals surface area contributed by atoms with E-state index in [1.54, 1.807) is 0 Å². The van der Waals surface area contributed by atoms with E-state index >= 15 is 0 Å². The molecule has 0 aromatic carbocycles. The first-order chi connectivity index (χ1) is 7.58. The van der Waals surface area contributed by atoms with E-state index in [0.717, 1.165) is 6.54 Å². The monoisotopic (exact) mass is 229 g/mol. The summed E-state index contributed by atoms with van der Waals surface area (Å²) in [4.78, 5) is 0. The fraction of sp³-hybridized carbons (Fsp3) is 1.00. The van der Waals surface area contributed by atoms with Crippen molar-refractivity contribution in [3.05, 3.63) is 0 Å². The Kier molecular flexibility index (Phi) is 5.73. The molecule has 3 heteroatoms. The van der Waals surface area contributed by atoms with Crippen molar-refractivity contribution in [2.24, 2.45) is 5.41 Å². The largest absolute Gasteiger partial charge is 0.389 e. The first-order valence-electron chi connectivity index (χ1n) is 6.58. The number of ether oxygens (including phenoxy) is 1. The van der Waals surface area contributed by atoms with E-state index in [-0.39, 0.29) is 12.2 Å². The molecule has 96 valence electrons. The van der Waals surface area contributed by atoms with Gasteiger partial charge in [0.25, 0.3) is 0 Å². The van der Waals surface area contributed by atoms with Crippen LogP contribution in [0.4, 0.5) is 0 Å². The van der Waals surface area contributed by atoms with Crippen LogP contribution >= 0.6 is 0 Å². The molecule has 1 atom stereocenters. The maximum absolute atomic E-state index is 9.67. The van der Waals surface area contributed by atoms with Gasteiger partial charge >= 0.3 is 0 Å². The summed E-state index contributed by atoms with van der Waals surface area (Å²) in [6, 6.07) is 0. The second-order valence-electron chi connectivity index (χ2n) is 5.37. The molecule has 0 aromatic rings. The Balaban J connectivity index is 2.05. The second-order valence-corrected chi connectivity index (χ2v) is 5.37. The molecule has 1 aliphatic rings. The van der Waals surface area contributed by atoms with Gasteiger partial charge in [0, 0.05) is 13.1 Å². The van der Waals surface area contributed by atoms with E-state index in [1.165, 1.54) is 25.7 Å². The third kappa shape index (κ3) is 4.40. The highest BCUT2D eigenvalue weighted by atomic mass is 16.5. The van der Waals surface area contributed by atoms with Gasteiger partial charge in [-0.1, -0.05) is 13.3 Å². The van der Waals surface area contributed by atoms with Gasteiger partial charge in [0.15, 0.2) is 0 Å². The van der Waals surface area contributed by atoms with Crippen molar-refractivity contribution in [2.45, 2.75) is 58.7 Å². The summed E-state index contributed by atoms with van der Waals surface area (Å²) in [6.07, 6.45) is 5.12. The minimum Gasteiger partial charge on any atom is -0.389 e. The van der Waals surface area contributed by atoms with Crippen LogP contribution in [-0.2, 0) is 4.74 Å². The van der Waals surface area contributed by atoms with Crippen LogP contribution in [-0.4, -0.2) is 37.0 Å². The normalized spacial score (nSPS) is 20.8. The lowest BCUT2D eigenvalue weighted by Gasteiger charge is -2.41.